The van der Waals surface area contributed by atoms with E-state index < -0.39 is 0 Å². The highest BCUT2D eigenvalue weighted by atomic mass is 32.2. The summed E-state index contributed by atoms with van der Waals surface area (Å²) in [6.07, 6.45) is 1.31. The SMILES string of the molecule is CC1CC(NCC(c2cccs2)N(C)C)CS1. The van der Waals surface area contributed by atoms with Crippen LogP contribution in [0, 0.1) is 0 Å². The van der Waals surface area contributed by atoms with Crippen molar-refractivity contribution in [2.75, 3.05) is 26.4 Å². The monoisotopic (exact) mass is 270 g/mol. The number of thioether (sulfide) groups is 1. The number of nitrogens with zero attached hydrogens (tertiary/aromatic N) is 1. The quantitative estimate of drug-likeness (QED) is 0.886. The second kappa shape index (κ2) is 6.23. The zero-order chi connectivity index (χ0) is 12.3. The Morgan fingerprint density at radius 3 is 2.88 bits per heavy atom. The van der Waals surface area contributed by atoms with E-state index in [0.29, 0.717) is 12.1 Å². The average Bonchev–Trinajstić information content (AvgIpc) is 2.90. The summed E-state index contributed by atoms with van der Waals surface area (Å²) in [6, 6.07) is 5.60. The molecule has 4 heteroatoms. The Bertz CT molecular complexity index is 324. The standard InChI is InChI=1S/C13H22N2S2/c1-10-7-11(9-17-10)14-8-12(15(2)3)13-5-4-6-16-13/h4-6,10-12,14H,7-9H2,1-3H3. The molecule has 0 aliphatic carbocycles. The first-order valence-electron chi connectivity index (χ1n) is 6.21. The van der Waals surface area contributed by atoms with E-state index in [1.807, 2.05) is 11.3 Å². The number of hydrogen-bond acceptors (Lipinski definition) is 4. The van der Waals surface area contributed by atoms with Gasteiger partial charge in [0.05, 0.1) is 6.04 Å². The van der Waals surface area contributed by atoms with Gasteiger partial charge in [0, 0.05) is 28.5 Å². The number of rotatable bonds is 5. The Labute approximate surface area is 113 Å². The van der Waals surface area contributed by atoms with Crippen molar-refractivity contribution in [2.24, 2.45) is 0 Å². The van der Waals surface area contributed by atoms with E-state index in [4.69, 9.17) is 0 Å². The van der Waals surface area contributed by atoms with Crippen LogP contribution < -0.4 is 5.32 Å². The highest BCUT2D eigenvalue weighted by Gasteiger charge is 2.23. The van der Waals surface area contributed by atoms with E-state index in [9.17, 15) is 0 Å². The van der Waals surface area contributed by atoms with Gasteiger partial charge in [-0.2, -0.15) is 11.8 Å². The molecule has 3 atom stereocenters. The zero-order valence-corrected chi connectivity index (χ0v) is 12.5. The van der Waals surface area contributed by atoms with Gasteiger partial charge in [0.25, 0.3) is 0 Å². The third-order valence-corrected chi connectivity index (χ3v) is 5.62. The summed E-state index contributed by atoms with van der Waals surface area (Å²) in [5.41, 5.74) is 0. The highest BCUT2D eigenvalue weighted by Crippen LogP contribution is 2.27. The first kappa shape index (κ1) is 13.4. The van der Waals surface area contributed by atoms with Crippen molar-refractivity contribution < 1.29 is 0 Å². The summed E-state index contributed by atoms with van der Waals surface area (Å²) in [5.74, 6) is 1.27. The number of thiophene rings is 1. The van der Waals surface area contributed by atoms with Crippen LogP contribution in [0.5, 0.6) is 0 Å². The van der Waals surface area contributed by atoms with Crippen LogP contribution in [0.2, 0.25) is 0 Å². The van der Waals surface area contributed by atoms with Crippen molar-refractivity contribution in [2.45, 2.75) is 30.7 Å². The van der Waals surface area contributed by atoms with E-state index in [0.717, 1.165) is 11.8 Å². The third kappa shape index (κ3) is 3.71. The van der Waals surface area contributed by atoms with Gasteiger partial charge in [-0.15, -0.1) is 11.3 Å². The van der Waals surface area contributed by atoms with Crippen molar-refractivity contribution in [3.63, 3.8) is 0 Å². The lowest BCUT2D eigenvalue weighted by atomic mass is 10.1. The molecule has 2 nitrogen and oxygen atoms in total. The van der Waals surface area contributed by atoms with Gasteiger partial charge >= 0.3 is 0 Å². The van der Waals surface area contributed by atoms with Crippen LogP contribution in [0.15, 0.2) is 17.5 Å². The molecular formula is C13H22N2S2. The Balaban J connectivity index is 1.86. The second-order valence-corrected chi connectivity index (χ2v) is 7.43. The molecule has 2 heterocycles. The molecule has 1 aromatic heterocycles. The molecule has 1 aromatic rings. The summed E-state index contributed by atoms with van der Waals surface area (Å²) in [5, 5.41) is 6.72. The van der Waals surface area contributed by atoms with Gasteiger partial charge in [-0.1, -0.05) is 13.0 Å². The van der Waals surface area contributed by atoms with Gasteiger partial charge < -0.3 is 10.2 Å². The van der Waals surface area contributed by atoms with Gasteiger partial charge in [-0.25, -0.2) is 0 Å². The summed E-state index contributed by atoms with van der Waals surface area (Å²) in [6.45, 7) is 3.39. The highest BCUT2D eigenvalue weighted by molar-refractivity contribution is 8.00. The summed E-state index contributed by atoms with van der Waals surface area (Å²) in [4.78, 5) is 3.77. The molecule has 2 rings (SSSR count). The summed E-state index contributed by atoms with van der Waals surface area (Å²) >= 11 is 3.94. The number of hydrogen-bond donors (Lipinski definition) is 1. The van der Waals surface area contributed by atoms with Crippen LogP contribution in [0.1, 0.15) is 24.3 Å². The number of nitrogens with one attached hydrogen (secondary N) is 1. The maximum absolute atomic E-state index is 3.73. The summed E-state index contributed by atoms with van der Waals surface area (Å²) < 4.78 is 0. The smallest absolute Gasteiger partial charge is 0.0561 e. The minimum absolute atomic E-state index is 0.510. The molecule has 0 aromatic carbocycles. The zero-order valence-electron chi connectivity index (χ0n) is 10.8. The Morgan fingerprint density at radius 1 is 1.53 bits per heavy atom. The van der Waals surface area contributed by atoms with E-state index >= 15 is 0 Å². The Morgan fingerprint density at radius 2 is 2.35 bits per heavy atom. The molecular weight excluding hydrogens is 248 g/mol. The molecule has 1 N–H and O–H groups in total. The van der Waals surface area contributed by atoms with Crippen molar-refractivity contribution in [1.82, 2.24) is 10.2 Å². The molecule has 1 saturated heterocycles. The third-order valence-electron chi connectivity index (χ3n) is 3.29. The molecule has 17 heavy (non-hydrogen) atoms. The van der Waals surface area contributed by atoms with Gasteiger partial charge in [-0.3, -0.25) is 0 Å². The normalized spacial score (nSPS) is 26.6. The molecule has 0 amide bonds. The van der Waals surface area contributed by atoms with Crippen LogP contribution in [-0.2, 0) is 0 Å². The van der Waals surface area contributed by atoms with Crippen molar-refractivity contribution >= 4 is 23.1 Å². The topological polar surface area (TPSA) is 15.3 Å². The molecule has 3 unspecified atom stereocenters. The maximum atomic E-state index is 3.73. The van der Waals surface area contributed by atoms with Gasteiger partial charge in [0.2, 0.25) is 0 Å². The van der Waals surface area contributed by atoms with Gasteiger partial charge in [-0.05, 0) is 32.0 Å². The largest absolute Gasteiger partial charge is 0.311 e. The molecule has 1 aliphatic heterocycles. The molecule has 96 valence electrons. The van der Waals surface area contributed by atoms with Crippen LogP contribution in [0.25, 0.3) is 0 Å². The predicted octanol–water partition coefficient (Wildman–Crippen LogP) is 2.83. The van der Waals surface area contributed by atoms with Crippen LogP contribution in [0.3, 0.4) is 0 Å². The summed E-state index contributed by atoms with van der Waals surface area (Å²) in [7, 11) is 4.33. The number of likely N-dealkylation sites (N-methyl/N-ethyl adjacent to an activating group) is 1. The van der Waals surface area contributed by atoms with Crippen LogP contribution in [0.4, 0.5) is 0 Å². The molecule has 0 bridgehead atoms. The van der Waals surface area contributed by atoms with Crippen molar-refractivity contribution in [3.8, 4) is 0 Å². The van der Waals surface area contributed by atoms with E-state index in [-0.39, 0.29) is 0 Å². The second-order valence-electron chi connectivity index (χ2n) is 4.98. The van der Waals surface area contributed by atoms with Crippen LogP contribution in [-0.4, -0.2) is 42.6 Å². The van der Waals surface area contributed by atoms with Gasteiger partial charge in [0.1, 0.15) is 0 Å². The van der Waals surface area contributed by atoms with E-state index in [1.54, 1.807) is 0 Å². The maximum Gasteiger partial charge on any atom is 0.0561 e. The van der Waals surface area contributed by atoms with Crippen molar-refractivity contribution in [3.05, 3.63) is 22.4 Å². The lowest BCUT2D eigenvalue weighted by molar-refractivity contribution is 0.285. The fourth-order valence-corrected chi connectivity index (χ4v) is 4.36. The minimum atomic E-state index is 0.510. The Hall–Kier alpha value is -0.0300. The molecule has 1 aliphatic rings. The van der Waals surface area contributed by atoms with Crippen molar-refractivity contribution in [1.29, 1.82) is 0 Å². The molecule has 0 spiro atoms. The molecule has 1 fully saturated rings. The first-order chi connectivity index (χ1) is 8.16. The lowest BCUT2D eigenvalue weighted by Crippen LogP contribution is -2.37. The first-order valence-corrected chi connectivity index (χ1v) is 8.14. The predicted molar refractivity (Wildman–Crippen MR) is 79.1 cm³/mol. The van der Waals surface area contributed by atoms with E-state index in [2.05, 4.69) is 60.5 Å². The minimum Gasteiger partial charge on any atom is -0.311 e. The van der Waals surface area contributed by atoms with Gasteiger partial charge in [0.15, 0.2) is 0 Å². The fraction of sp³-hybridized carbons (Fsp3) is 0.692. The fourth-order valence-electron chi connectivity index (χ4n) is 2.26. The van der Waals surface area contributed by atoms with E-state index in [1.165, 1.54) is 17.1 Å². The lowest BCUT2D eigenvalue weighted by Gasteiger charge is -2.25. The van der Waals surface area contributed by atoms with Crippen LogP contribution >= 0.6 is 23.1 Å². The molecule has 0 saturated carbocycles. The molecule has 0 radical (unpaired) electrons. The average molecular weight is 270 g/mol. The Kier molecular flexibility index (Phi) is 4.91.